The van der Waals surface area contributed by atoms with Crippen LogP contribution in [0.5, 0.6) is 0 Å². The third-order valence-corrected chi connectivity index (χ3v) is 1.74. The molecule has 0 amide bonds. The Morgan fingerprint density at radius 3 is 3.00 bits per heavy atom. The van der Waals surface area contributed by atoms with E-state index in [1.54, 1.807) is 11.7 Å². The summed E-state index contributed by atoms with van der Waals surface area (Å²) in [4.78, 5) is 14.2. The van der Waals surface area contributed by atoms with Gasteiger partial charge in [-0.25, -0.2) is 9.78 Å². The number of hydrogen-bond donors (Lipinski definition) is 1. The average molecular weight is 184 g/mol. The molecule has 0 aliphatic heterocycles. The molecule has 5 heteroatoms. The highest BCUT2D eigenvalue weighted by molar-refractivity contribution is 5.84. The summed E-state index contributed by atoms with van der Waals surface area (Å²) in [5.74, 6) is -1.01. The van der Waals surface area contributed by atoms with Crippen LogP contribution in [0.15, 0.2) is 12.5 Å². The molecule has 1 aromatic heterocycles. The predicted octanol–water partition coefficient (Wildman–Crippen LogP) is 0.789. The van der Waals surface area contributed by atoms with Gasteiger partial charge in [-0.1, -0.05) is 0 Å². The number of aromatic carboxylic acids is 1. The molecule has 5 nitrogen and oxygen atoms in total. The summed E-state index contributed by atoms with van der Waals surface area (Å²) in [6.45, 7) is 2.46. The van der Waals surface area contributed by atoms with Crippen molar-refractivity contribution in [2.75, 3.05) is 13.7 Å². The minimum atomic E-state index is -1.01. The standard InChI is InChI=1S/C8H12N2O3/c1-6(4-13-2)10-3-7(8(11)12)9-5-10/h3,5-6H,4H2,1-2H3,(H,11,12)/t6-/m0/s1. The van der Waals surface area contributed by atoms with E-state index in [4.69, 9.17) is 9.84 Å². The highest BCUT2D eigenvalue weighted by Crippen LogP contribution is 2.06. The fraction of sp³-hybridized carbons (Fsp3) is 0.500. The second-order valence-corrected chi connectivity index (χ2v) is 2.82. The summed E-state index contributed by atoms with van der Waals surface area (Å²) < 4.78 is 6.65. The zero-order valence-corrected chi connectivity index (χ0v) is 7.60. The lowest BCUT2D eigenvalue weighted by Crippen LogP contribution is -2.09. The maximum atomic E-state index is 10.5. The van der Waals surface area contributed by atoms with E-state index in [1.807, 2.05) is 6.92 Å². The van der Waals surface area contributed by atoms with E-state index < -0.39 is 5.97 Å². The van der Waals surface area contributed by atoms with Gasteiger partial charge in [-0.05, 0) is 6.92 Å². The first-order valence-corrected chi connectivity index (χ1v) is 3.91. The van der Waals surface area contributed by atoms with E-state index >= 15 is 0 Å². The molecule has 0 aliphatic rings. The van der Waals surface area contributed by atoms with Gasteiger partial charge in [-0.2, -0.15) is 0 Å². The number of methoxy groups -OCH3 is 1. The van der Waals surface area contributed by atoms with Crippen LogP contribution in [-0.4, -0.2) is 34.3 Å². The van der Waals surface area contributed by atoms with Gasteiger partial charge in [0.2, 0.25) is 0 Å². The summed E-state index contributed by atoms with van der Waals surface area (Å²) in [5.41, 5.74) is 0.0583. The van der Waals surface area contributed by atoms with Crippen molar-refractivity contribution in [2.45, 2.75) is 13.0 Å². The lowest BCUT2D eigenvalue weighted by atomic mass is 10.3. The van der Waals surface area contributed by atoms with Gasteiger partial charge in [0.15, 0.2) is 5.69 Å². The first-order chi connectivity index (χ1) is 6.15. The van der Waals surface area contributed by atoms with Crippen LogP contribution in [0.2, 0.25) is 0 Å². The molecule has 1 rings (SSSR count). The number of carbonyl (C=O) groups is 1. The number of hydrogen-bond acceptors (Lipinski definition) is 3. The van der Waals surface area contributed by atoms with Crippen LogP contribution in [0.25, 0.3) is 0 Å². The topological polar surface area (TPSA) is 64.4 Å². The minimum Gasteiger partial charge on any atom is -0.476 e. The van der Waals surface area contributed by atoms with Crippen LogP contribution in [-0.2, 0) is 4.74 Å². The van der Waals surface area contributed by atoms with Crippen LogP contribution in [0, 0.1) is 0 Å². The van der Waals surface area contributed by atoms with Gasteiger partial charge < -0.3 is 14.4 Å². The molecule has 0 saturated heterocycles. The summed E-state index contributed by atoms with van der Waals surface area (Å²) in [5, 5.41) is 8.60. The minimum absolute atomic E-state index is 0.0583. The van der Waals surface area contributed by atoms with E-state index in [2.05, 4.69) is 4.98 Å². The lowest BCUT2D eigenvalue weighted by molar-refractivity contribution is 0.0690. The third kappa shape index (κ3) is 2.29. The molecule has 0 spiro atoms. The first-order valence-electron chi connectivity index (χ1n) is 3.91. The van der Waals surface area contributed by atoms with Crippen molar-refractivity contribution in [1.82, 2.24) is 9.55 Å². The van der Waals surface area contributed by atoms with Crippen LogP contribution < -0.4 is 0 Å². The smallest absolute Gasteiger partial charge is 0.356 e. The molecule has 72 valence electrons. The monoisotopic (exact) mass is 184 g/mol. The molecule has 0 unspecified atom stereocenters. The van der Waals surface area contributed by atoms with Crippen LogP contribution in [0.1, 0.15) is 23.5 Å². The molecular formula is C8H12N2O3. The van der Waals surface area contributed by atoms with E-state index in [0.717, 1.165) is 0 Å². The maximum Gasteiger partial charge on any atom is 0.356 e. The van der Waals surface area contributed by atoms with Crippen molar-refractivity contribution in [3.8, 4) is 0 Å². The van der Waals surface area contributed by atoms with Crippen LogP contribution in [0.3, 0.4) is 0 Å². The van der Waals surface area contributed by atoms with Crippen LogP contribution in [0.4, 0.5) is 0 Å². The van der Waals surface area contributed by atoms with Gasteiger partial charge in [0.25, 0.3) is 0 Å². The third-order valence-electron chi connectivity index (χ3n) is 1.74. The van der Waals surface area contributed by atoms with Crippen molar-refractivity contribution in [3.05, 3.63) is 18.2 Å². The van der Waals surface area contributed by atoms with E-state index in [-0.39, 0.29) is 11.7 Å². The average Bonchev–Trinajstić information content (AvgIpc) is 2.52. The predicted molar refractivity (Wildman–Crippen MR) is 45.8 cm³/mol. The Bertz CT molecular complexity index is 295. The van der Waals surface area contributed by atoms with Crippen molar-refractivity contribution >= 4 is 5.97 Å². The summed E-state index contributed by atoms with van der Waals surface area (Å²) in [7, 11) is 1.60. The second-order valence-electron chi connectivity index (χ2n) is 2.82. The molecule has 13 heavy (non-hydrogen) atoms. The highest BCUT2D eigenvalue weighted by Gasteiger charge is 2.09. The molecule has 1 aromatic rings. The Balaban J connectivity index is 2.73. The largest absolute Gasteiger partial charge is 0.476 e. The lowest BCUT2D eigenvalue weighted by Gasteiger charge is -2.10. The quantitative estimate of drug-likeness (QED) is 0.751. The Hall–Kier alpha value is -1.36. The summed E-state index contributed by atoms with van der Waals surface area (Å²) in [6, 6.07) is 0.102. The molecule has 0 saturated carbocycles. The SMILES string of the molecule is COC[C@H](C)n1cnc(C(=O)O)c1. The van der Waals surface area contributed by atoms with Crippen LogP contribution >= 0.6 is 0 Å². The van der Waals surface area contributed by atoms with Gasteiger partial charge in [0, 0.05) is 13.3 Å². The zero-order chi connectivity index (χ0) is 9.84. The Labute approximate surface area is 76.0 Å². The number of rotatable bonds is 4. The van der Waals surface area contributed by atoms with Gasteiger partial charge in [-0.15, -0.1) is 0 Å². The molecule has 1 N–H and O–H groups in total. The van der Waals surface area contributed by atoms with Gasteiger partial charge in [-0.3, -0.25) is 0 Å². The highest BCUT2D eigenvalue weighted by atomic mass is 16.5. The Morgan fingerprint density at radius 1 is 1.85 bits per heavy atom. The molecule has 0 fully saturated rings. The zero-order valence-electron chi connectivity index (χ0n) is 7.60. The van der Waals surface area contributed by atoms with Crippen molar-refractivity contribution in [1.29, 1.82) is 0 Å². The molecule has 1 heterocycles. The summed E-state index contributed by atoms with van der Waals surface area (Å²) in [6.07, 6.45) is 2.99. The number of ether oxygens (including phenoxy) is 1. The van der Waals surface area contributed by atoms with Crippen molar-refractivity contribution in [2.24, 2.45) is 0 Å². The molecular weight excluding hydrogens is 172 g/mol. The van der Waals surface area contributed by atoms with E-state index in [1.165, 1.54) is 12.5 Å². The first kappa shape index (κ1) is 9.73. The molecule has 0 bridgehead atoms. The Kier molecular flexibility index (Phi) is 3.02. The van der Waals surface area contributed by atoms with Gasteiger partial charge >= 0.3 is 5.97 Å². The molecule has 0 aromatic carbocycles. The molecule has 1 atom stereocenters. The fourth-order valence-corrected chi connectivity index (χ4v) is 1.02. The number of nitrogens with zero attached hydrogens (tertiary/aromatic N) is 2. The van der Waals surface area contributed by atoms with Gasteiger partial charge in [0.1, 0.15) is 0 Å². The normalized spacial score (nSPS) is 12.8. The number of aromatic nitrogens is 2. The Morgan fingerprint density at radius 2 is 2.54 bits per heavy atom. The number of imidazole rings is 1. The van der Waals surface area contributed by atoms with E-state index in [0.29, 0.717) is 6.61 Å². The molecule has 0 aliphatic carbocycles. The van der Waals surface area contributed by atoms with Crippen molar-refractivity contribution in [3.63, 3.8) is 0 Å². The fourth-order valence-electron chi connectivity index (χ4n) is 1.02. The van der Waals surface area contributed by atoms with Gasteiger partial charge in [0.05, 0.1) is 19.0 Å². The summed E-state index contributed by atoms with van der Waals surface area (Å²) >= 11 is 0. The maximum absolute atomic E-state index is 10.5. The molecule has 0 radical (unpaired) electrons. The second kappa shape index (κ2) is 4.04. The van der Waals surface area contributed by atoms with Crippen molar-refractivity contribution < 1.29 is 14.6 Å². The van der Waals surface area contributed by atoms with E-state index in [9.17, 15) is 4.79 Å². The number of carboxylic acids is 1. The number of carboxylic acid groups (broad SMARTS) is 1.